The maximum Gasteiger partial charge on any atom is 0.516 e. The standard InChI is InChI=1S/C11H16BF3N2O2/c1-9(2)10(3,4)19-12(18-9)7-6-17(5)8(16-7)11(13,14)15/h6H,1-5H3/i5D3,6D. The van der Waals surface area contributed by atoms with Gasteiger partial charge in [-0.2, -0.15) is 13.2 Å². The Labute approximate surface area is 115 Å². The first kappa shape index (κ1) is 9.82. The predicted molar refractivity (Wildman–Crippen MR) is 63.9 cm³/mol. The lowest BCUT2D eigenvalue weighted by molar-refractivity contribution is -0.146. The Balaban J connectivity index is 2.57. The molecule has 19 heavy (non-hydrogen) atoms. The minimum atomic E-state index is -5.02. The van der Waals surface area contributed by atoms with Gasteiger partial charge in [-0.15, -0.1) is 0 Å². The van der Waals surface area contributed by atoms with Crippen molar-refractivity contribution in [2.45, 2.75) is 45.1 Å². The van der Waals surface area contributed by atoms with Crippen LogP contribution in [0.2, 0.25) is 0 Å². The average Bonchev–Trinajstić information content (AvgIpc) is 2.73. The average molecular weight is 280 g/mol. The molecule has 0 N–H and O–H groups in total. The van der Waals surface area contributed by atoms with Crippen molar-refractivity contribution < 1.29 is 28.0 Å². The summed E-state index contributed by atoms with van der Waals surface area (Å²) in [6.45, 7) is 3.53. The summed E-state index contributed by atoms with van der Waals surface area (Å²) in [4.78, 5) is 3.30. The first-order valence-electron chi connectivity index (χ1n) is 7.60. The summed E-state index contributed by atoms with van der Waals surface area (Å²) in [6.07, 6.45) is -5.93. The van der Waals surface area contributed by atoms with Crippen LogP contribution < -0.4 is 5.59 Å². The number of nitrogens with zero attached hydrogens (tertiary/aromatic N) is 2. The molecule has 0 aromatic carbocycles. The zero-order chi connectivity index (χ0) is 18.0. The third kappa shape index (κ3) is 2.39. The van der Waals surface area contributed by atoms with Gasteiger partial charge in [-0.25, -0.2) is 4.98 Å². The summed E-state index contributed by atoms with van der Waals surface area (Å²) >= 11 is 0. The van der Waals surface area contributed by atoms with Crippen LogP contribution >= 0.6 is 0 Å². The van der Waals surface area contributed by atoms with Gasteiger partial charge in [0.15, 0.2) is 0 Å². The van der Waals surface area contributed by atoms with E-state index in [0.717, 1.165) is 0 Å². The van der Waals surface area contributed by atoms with E-state index in [0.29, 0.717) is 0 Å². The van der Waals surface area contributed by atoms with E-state index in [1.54, 1.807) is 27.7 Å². The van der Waals surface area contributed by atoms with Gasteiger partial charge in [0.25, 0.3) is 0 Å². The number of hydrogen-bond donors (Lipinski definition) is 0. The third-order valence-electron chi connectivity index (χ3n) is 3.39. The van der Waals surface area contributed by atoms with Gasteiger partial charge in [0, 0.05) is 17.3 Å². The number of rotatable bonds is 1. The normalized spacial score (nSPS) is 25.7. The Kier molecular flexibility index (Phi) is 2.06. The molecule has 1 aromatic heterocycles. The van der Waals surface area contributed by atoms with Crippen molar-refractivity contribution in [3.05, 3.63) is 12.0 Å². The molecule has 0 atom stereocenters. The quantitative estimate of drug-likeness (QED) is 0.735. The number of imidazole rings is 1. The van der Waals surface area contributed by atoms with Crippen LogP contribution in [0, 0.1) is 0 Å². The Morgan fingerprint density at radius 2 is 1.84 bits per heavy atom. The molecule has 106 valence electrons. The molecule has 4 nitrogen and oxygen atoms in total. The lowest BCUT2D eigenvalue weighted by Gasteiger charge is -2.32. The van der Waals surface area contributed by atoms with Crippen LogP contribution in [0.15, 0.2) is 6.17 Å². The molecular formula is C11H16BF3N2O2. The molecule has 0 unspecified atom stereocenters. The molecule has 0 aliphatic carbocycles. The van der Waals surface area contributed by atoms with Gasteiger partial charge in [0.05, 0.1) is 18.2 Å². The Bertz CT molecular complexity index is 612. The van der Waals surface area contributed by atoms with Gasteiger partial charge in [-0.3, -0.25) is 0 Å². The van der Waals surface area contributed by atoms with E-state index in [-0.39, 0.29) is 4.57 Å². The lowest BCUT2D eigenvalue weighted by atomic mass is 9.86. The molecule has 1 fully saturated rings. The van der Waals surface area contributed by atoms with Crippen molar-refractivity contribution in [3.63, 3.8) is 0 Å². The topological polar surface area (TPSA) is 36.3 Å². The maximum atomic E-state index is 13.1. The van der Waals surface area contributed by atoms with Crippen molar-refractivity contribution >= 4 is 12.7 Å². The van der Waals surface area contributed by atoms with Crippen molar-refractivity contribution in [1.29, 1.82) is 0 Å². The number of hydrogen-bond acceptors (Lipinski definition) is 3. The summed E-state index contributed by atoms with van der Waals surface area (Å²) in [5, 5.41) is 0. The van der Waals surface area contributed by atoms with Crippen molar-refractivity contribution in [1.82, 2.24) is 9.55 Å². The molecule has 2 heterocycles. The molecule has 0 amide bonds. The summed E-state index contributed by atoms with van der Waals surface area (Å²) in [5.41, 5.74) is -2.22. The molecule has 0 saturated carbocycles. The molecule has 8 heteroatoms. The van der Waals surface area contributed by atoms with Crippen LogP contribution in [0.4, 0.5) is 13.2 Å². The van der Waals surface area contributed by atoms with E-state index in [1.165, 1.54) is 0 Å². The minimum absolute atomic E-state index is 0.132. The molecular weight excluding hydrogens is 260 g/mol. The van der Waals surface area contributed by atoms with Crippen molar-refractivity contribution in [2.75, 3.05) is 0 Å². The molecule has 1 aliphatic heterocycles. The van der Waals surface area contributed by atoms with E-state index >= 15 is 0 Å². The summed E-state index contributed by atoms with van der Waals surface area (Å²) in [7, 11) is -1.35. The molecule has 2 rings (SSSR count). The fraction of sp³-hybridized carbons (Fsp3) is 0.727. The smallest absolute Gasteiger partial charge is 0.398 e. The Morgan fingerprint density at radius 1 is 1.32 bits per heavy atom. The molecule has 0 spiro atoms. The first-order valence-corrected chi connectivity index (χ1v) is 5.60. The van der Waals surface area contributed by atoms with Crippen LogP contribution in [0.3, 0.4) is 0 Å². The molecule has 1 aromatic rings. The SMILES string of the molecule is [2H]c1c(B2OC(C)(C)C(C)(C)O2)nc(C(F)(F)F)n1C([2H])([2H])[2H]. The predicted octanol–water partition coefficient (Wildman–Crippen LogP) is 1.74. The first-order chi connectivity index (χ1) is 10.1. The van der Waals surface area contributed by atoms with Crippen molar-refractivity contribution in [2.24, 2.45) is 6.98 Å². The van der Waals surface area contributed by atoms with E-state index < -0.39 is 49.1 Å². The fourth-order valence-corrected chi connectivity index (χ4v) is 1.61. The third-order valence-corrected chi connectivity index (χ3v) is 3.39. The van der Waals surface area contributed by atoms with Gasteiger partial charge >= 0.3 is 13.3 Å². The lowest BCUT2D eigenvalue weighted by Crippen LogP contribution is -2.41. The van der Waals surface area contributed by atoms with E-state index in [9.17, 15) is 13.2 Å². The van der Waals surface area contributed by atoms with Crippen LogP contribution in [-0.2, 0) is 22.5 Å². The fourth-order valence-electron chi connectivity index (χ4n) is 1.61. The monoisotopic (exact) mass is 280 g/mol. The largest absolute Gasteiger partial charge is 0.516 e. The Hall–Kier alpha value is -1.02. The molecule has 1 saturated heterocycles. The second-order valence-electron chi connectivity index (χ2n) is 5.35. The van der Waals surface area contributed by atoms with Gasteiger partial charge in [0.2, 0.25) is 5.82 Å². The van der Waals surface area contributed by atoms with Gasteiger partial charge in [-0.05, 0) is 27.7 Å². The van der Waals surface area contributed by atoms with E-state index in [1.807, 2.05) is 0 Å². The second kappa shape index (κ2) is 3.99. The van der Waals surface area contributed by atoms with Crippen LogP contribution in [0.1, 0.15) is 39.0 Å². The van der Waals surface area contributed by atoms with Crippen LogP contribution in [0.5, 0.6) is 0 Å². The molecule has 0 radical (unpaired) electrons. The number of halogens is 3. The van der Waals surface area contributed by atoms with E-state index in [4.69, 9.17) is 14.8 Å². The summed E-state index contributed by atoms with van der Waals surface area (Å²) in [6, 6.07) is 0. The zero-order valence-electron chi connectivity index (χ0n) is 14.9. The van der Waals surface area contributed by atoms with Gasteiger partial charge in [0.1, 0.15) is 0 Å². The minimum Gasteiger partial charge on any atom is -0.398 e. The zero-order valence-corrected chi connectivity index (χ0v) is 10.9. The summed E-state index contributed by atoms with van der Waals surface area (Å²) in [5.74, 6) is -1.67. The summed E-state index contributed by atoms with van der Waals surface area (Å²) < 4.78 is 79.7. The van der Waals surface area contributed by atoms with Crippen molar-refractivity contribution in [3.8, 4) is 0 Å². The number of alkyl halides is 3. The maximum absolute atomic E-state index is 13.1. The molecule has 0 bridgehead atoms. The van der Waals surface area contributed by atoms with Crippen LogP contribution in [-0.4, -0.2) is 27.9 Å². The highest BCUT2D eigenvalue weighted by Gasteiger charge is 2.53. The number of aromatic nitrogens is 2. The van der Waals surface area contributed by atoms with Gasteiger partial charge < -0.3 is 13.9 Å². The highest BCUT2D eigenvalue weighted by atomic mass is 19.4. The molecule has 1 aliphatic rings. The van der Waals surface area contributed by atoms with Crippen LogP contribution in [0.25, 0.3) is 0 Å². The second-order valence-corrected chi connectivity index (χ2v) is 5.35. The van der Waals surface area contributed by atoms with E-state index in [2.05, 4.69) is 4.98 Å². The highest BCUT2D eigenvalue weighted by Crippen LogP contribution is 2.36. The van der Waals surface area contributed by atoms with Gasteiger partial charge in [-0.1, -0.05) is 0 Å². The Morgan fingerprint density at radius 3 is 2.21 bits per heavy atom. The highest BCUT2D eigenvalue weighted by molar-refractivity contribution is 6.61.